The fourth-order valence-corrected chi connectivity index (χ4v) is 5.07. The van der Waals surface area contributed by atoms with E-state index in [0.29, 0.717) is 24.1 Å². The van der Waals surface area contributed by atoms with E-state index in [-0.39, 0.29) is 18.4 Å². The molecule has 4 rings (SSSR count). The summed E-state index contributed by atoms with van der Waals surface area (Å²) in [5, 5.41) is 21.3. The summed E-state index contributed by atoms with van der Waals surface area (Å²) in [5.74, 6) is 5.33. The van der Waals surface area contributed by atoms with Gasteiger partial charge in [-0.2, -0.15) is 0 Å². The van der Waals surface area contributed by atoms with Crippen LogP contribution < -0.4 is 11.2 Å². The number of benzene rings is 2. The van der Waals surface area contributed by atoms with Gasteiger partial charge in [-0.15, -0.1) is 5.11 Å². The lowest BCUT2D eigenvalue weighted by atomic mass is 9.99. The van der Waals surface area contributed by atoms with Gasteiger partial charge in [0.2, 0.25) is 5.91 Å². The summed E-state index contributed by atoms with van der Waals surface area (Å²) in [5.41, 5.74) is 3.87. The molecule has 2 aromatic rings. The zero-order valence-electron chi connectivity index (χ0n) is 22.5. The Hall–Kier alpha value is -3.72. The number of carbonyl (C=O) groups excluding carboxylic acids is 2. The molecule has 0 aromatic heterocycles. The number of nitrogens with zero attached hydrogens (tertiary/aromatic N) is 4. The number of carbonyl (C=O) groups is 2. The van der Waals surface area contributed by atoms with Gasteiger partial charge in [0.05, 0.1) is 5.60 Å². The number of hydrogen-bond donors (Lipinski definition) is 3. The van der Waals surface area contributed by atoms with E-state index >= 15 is 0 Å². The predicted molar refractivity (Wildman–Crippen MR) is 149 cm³/mol. The maximum Gasteiger partial charge on any atom is 0.253 e. The summed E-state index contributed by atoms with van der Waals surface area (Å²) in [4.78, 5) is 29.8. The number of nitrogens with one attached hydrogen (secondary N) is 1. The SMILES string of the molecule is CCCN(CC(C)(C)O)C(=O)C1=Cc2ccc(-c3ccc(C(=O)N4CCCC4)cc3)cc2NC(N=NN)C1. The number of likely N-dealkylation sites (tertiary alicyclic amines) is 1. The second-order valence-electron chi connectivity index (χ2n) is 10.7. The molecule has 0 radical (unpaired) electrons. The summed E-state index contributed by atoms with van der Waals surface area (Å²) in [6.45, 7) is 7.82. The minimum Gasteiger partial charge on any atom is -0.389 e. The van der Waals surface area contributed by atoms with Crippen molar-refractivity contribution in [1.82, 2.24) is 9.80 Å². The van der Waals surface area contributed by atoms with Gasteiger partial charge in [0.1, 0.15) is 6.17 Å². The molecule has 2 amide bonds. The van der Waals surface area contributed by atoms with Gasteiger partial charge in [0.15, 0.2) is 0 Å². The first-order chi connectivity index (χ1) is 18.2. The van der Waals surface area contributed by atoms with E-state index in [1.807, 2.05) is 60.4 Å². The minimum absolute atomic E-state index is 0.0802. The van der Waals surface area contributed by atoms with Crippen LogP contribution in [0.15, 0.2) is 58.4 Å². The van der Waals surface area contributed by atoms with Crippen LogP contribution in [0, 0.1) is 0 Å². The van der Waals surface area contributed by atoms with E-state index in [2.05, 4.69) is 15.7 Å². The molecule has 4 N–H and O–H groups in total. The highest BCUT2D eigenvalue weighted by atomic mass is 16.3. The Balaban J connectivity index is 1.62. The van der Waals surface area contributed by atoms with Crippen LogP contribution in [0.1, 0.15) is 62.4 Å². The Morgan fingerprint density at radius 1 is 1.13 bits per heavy atom. The molecule has 9 heteroatoms. The molecule has 2 aromatic carbocycles. The molecule has 2 heterocycles. The van der Waals surface area contributed by atoms with Crippen molar-refractivity contribution in [3.8, 4) is 11.1 Å². The number of hydrogen-bond acceptors (Lipinski definition) is 6. The van der Waals surface area contributed by atoms with Crippen molar-refractivity contribution in [2.45, 2.75) is 58.2 Å². The zero-order valence-corrected chi connectivity index (χ0v) is 22.5. The molecule has 0 aliphatic carbocycles. The van der Waals surface area contributed by atoms with Gasteiger partial charge in [-0.25, -0.2) is 0 Å². The van der Waals surface area contributed by atoms with Crippen LogP contribution in [-0.2, 0) is 4.79 Å². The Morgan fingerprint density at radius 2 is 1.82 bits per heavy atom. The van der Waals surface area contributed by atoms with E-state index in [4.69, 9.17) is 5.84 Å². The summed E-state index contributed by atoms with van der Waals surface area (Å²) in [6.07, 6.45) is 4.58. The lowest BCUT2D eigenvalue weighted by molar-refractivity contribution is -0.130. The number of rotatable bonds is 8. The Morgan fingerprint density at radius 3 is 2.45 bits per heavy atom. The molecule has 1 unspecified atom stereocenters. The molecular formula is C29H38N6O3. The van der Waals surface area contributed by atoms with Crippen molar-refractivity contribution in [1.29, 1.82) is 0 Å². The molecule has 0 bridgehead atoms. The van der Waals surface area contributed by atoms with Crippen LogP contribution >= 0.6 is 0 Å². The average Bonchev–Trinajstić information content (AvgIpc) is 3.36. The Labute approximate surface area is 224 Å². The summed E-state index contributed by atoms with van der Waals surface area (Å²) < 4.78 is 0. The third kappa shape index (κ3) is 6.58. The minimum atomic E-state index is -1.01. The summed E-state index contributed by atoms with van der Waals surface area (Å²) >= 11 is 0. The van der Waals surface area contributed by atoms with Crippen molar-refractivity contribution >= 4 is 23.6 Å². The second-order valence-corrected chi connectivity index (χ2v) is 10.7. The van der Waals surface area contributed by atoms with Crippen LogP contribution in [0.25, 0.3) is 17.2 Å². The van der Waals surface area contributed by atoms with Gasteiger partial charge in [-0.05, 0) is 74.1 Å². The zero-order chi connectivity index (χ0) is 27.3. The van der Waals surface area contributed by atoms with E-state index in [1.54, 1.807) is 18.7 Å². The first-order valence-corrected chi connectivity index (χ1v) is 13.3. The molecule has 1 fully saturated rings. The van der Waals surface area contributed by atoms with Crippen LogP contribution in [0.5, 0.6) is 0 Å². The van der Waals surface area contributed by atoms with E-state index in [1.165, 1.54) is 0 Å². The standard InChI is InChI=1S/C29H38N6O3/c1-4-13-35(19-29(2,3)38)28(37)24-16-23-12-11-22(17-25(23)31-26(18-24)32-33-30)20-7-9-21(10-8-20)27(36)34-14-5-6-15-34/h7-12,16-17,26,31,38H,4-6,13-15,18-19H2,1-3H3,(H2,30,32). The molecule has 1 atom stereocenters. The molecule has 0 spiro atoms. The van der Waals surface area contributed by atoms with Crippen molar-refractivity contribution in [2.24, 2.45) is 16.2 Å². The summed E-state index contributed by atoms with van der Waals surface area (Å²) in [6, 6.07) is 13.7. The van der Waals surface area contributed by atoms with Crippen LogP contribution in [0.4, 0.5) is 5.69 Å². The molecular weight excluding hydrogens is 480 g/mol. The highest BCUT2D eigenvalue weighted by Crippen LogP contribution is 2.32. The highest BCUT2D eigenvalue weighted by Gasteiger charge is 2.28. The second kappa shape index (κ2) is 11.8. The fourth-order valence-electron chi connectivity index (χ4n) is 5.07. The van der Waals surface area contributed by atoms with Crippen LogP contribution in [0.2, 0.25) is 0 Å². The van der Waals surface area contributed by atoms with Gasteiger partial charge in [-0.3, -0.25) is 9.59 Å². The van der Waals surface area contributed by atoms with E-state index in [0.717, 1.165) is 54.7 Å². The number of aliphatic hydroxyl groups is 1. The number of amides is 2. The number of nitrogens with two attached hydrogens (primary N) is 1. The molecule has 0 saturated carbocycles. The Kier molecular flexibility index (Phi) is 8.46. The largest absolute Gasteiger partial charge is 0.389 e. The third-order valence-electron chi connectivity index (χ3n) is 6.82. The average molecular weight is 519 g/mol. The quantitative estimate of drug-likeness (QED) is 0.271. The normalized spacial score (nSPS) is 17.5. The Bertz CT molecular complexity index is 1210. The van der Waals surface area contributed by atoms with Crippen molar-refractivity contribution in [3.05, 3.63) is 59.2 Å². The molecule has 2 aliphatic rings. The summed E-state index contributed by atoms with van der Waals surface area (Å²) in [7, 11) is 0. The lowest BCUT2D eigenvalue weighted by Crippen LogP contribution is -2.43. The molecule has 38 heavy (non-hydrogen) atoms. The van der Waals surface area contributed by atoms with Gasteiger partial charge in [-0.1, -0.05) is 36.4 Å². The monoisotopic (exact) mass is 518 g/mol. The predicted octanol–water partition coefficient (Wildman–Crippen LogP) is 4.45. The van der Waals surface area contributed by atoms with E-state index in [9.17, 15) is 14.7 Å². The van der Waals surface area contributed by atoms with Crippen molar-refractivity contribution in [2.75, 3.05) is 31.5 Å². The van der Waals surface area contributed by atoms with E-state index < -0.39 is 11.8 Å². The van der Waals surface area contributed by atoms with Gasteiger partial charge in [0.25, 0.3) is 5.91 Å². The molecule has 1 saturated heterocycles. The van der Waals surface area contributed by atoms with Gasteiger partial charge < -0.3 is 26.1 Å². The molecule has 202 valence electrons. The highest BCUT2D eigenvalue weighted by molar-refractivity contribution is 5.99. The van der Waals surface area contributed by atoms with Crippen molar-refractivity contribution < 1.29 is 14.7 Å². The maximum atomic E-state index is 13.5. The third-order valence-corrected chi connectivity index (χ3v) is 6.82. The fraction of sp³-hybridized carbons (Fsp3) is 0.448. The molecule has 9 nitrogen and oxygen atoms in total. The van der Waals surface area contributed by atoms with Crippen LogP contribution in [0.3, 0.4) is 0 Å². The van der Waals surface area contributed by atoms with Gasteiger partial charge in [0, 0.05) is 49.4 Å². The van der Waals surface area contributed by atoms with Gasteiger partial charge >= 0.3 is 0 Å². The topological polar surface area (TPSA) is 124 Å². The first-order valence-electron chi connectivity index (χ1n) is 13.3. The van der Waals surface area contributed by atoms with Crippen LogP contribution in [-0.4, -0.2) is 64.7 Å². The smallest absolute Gasteiger partial charge is 0.253 e. The lowest BCUT2D eigenvalue weighted by Gasteiger charge is -2.30. The van der Waals surface area contributed by atoms with Crippen molar-refractivity contribution in [3.63, 3.8) is 0 Å². The first kappa shape index (κ1) is 27.3. The molecule has 2 aliphatic heterocycles. The number of anilines is 1. The maximum absolute atomic E-state index is 13.5. The number of fused-ring (bicyclic) bond motifs is 1.